The van der Waals surface area contributed by atoms with Crippen molar-refractivity contribution in [1.82, 2.24) is 0 Å². The van der Waals surface area contributed by atoms with E-state index in [0.717, 1.165) is 23.3 Å². The van der Waals surface area contributed by atoms with Crippen molar-refractivity contribution in [2.24, 2.45) is 23.7 Å². The lowest BCUT2D eigenvalue weighted by Gasteiger charge is -2.49. The number of hydrogen-bond acceptors (Lipinski definition) is 1. The normalized spacial score (nSPS) is 25.7. The van der Waals surface area contributed by atoms with Gasteiger partial charge in [-0.25, -0.2) is 0 Å². The molecule has 1 heteroatoms. The zero-order valence-electron chi connectivity index (χ0n) is 28.4. The maximum absolute atomic E-state index is 6.83. The molecular weight excluding hydrogens is 617 g/mol. The standard InChI is InChI=1S/C50H36O/c1-2-11-34-30(10-1)20-22-42-47(34)48-35(14-9-18-41(48)50(42)38-15-5-3-12-36(38)37-13-4-6-16-39(37)50)31-21-23-46-44(28-31)49(40-17-7-8-19-45(40)51-46)33-25-29-24-32(27-33)43(49)26-29/h1-23,28-29,32-33,43H,24-27H2. The van der Waals surface area contributed by atoms with Crippen LogP contribution in [0.25, 0.3) is 44.2 Å². The van der Waals surface area contributed by atoms with Crippen molar-refractivity contribution < 1.29 is 4.74 Å². The molecule has 1 nitrogen and oxygen atoms in total. The quantitative estimate of drug-likeness (QED) is 0.171. The molecule has 6 aliphatic carbocycles. The van der Waals surface area contributed by atoms with Gasteiger partial charge >= 0.3 is 0 Å². The average Bonchev–Trinajstić information content (AvgIpc) is 3.84. The molecule has 51 heavy (non-hydrogen) atoms. The number of ether oxygens (including phenoxy) is 1. The van der Waals surface area contributed by atoms with Crippen LogP contribution in [-0.4, -0.2) is 0 Å². The molecule has 5 atom stereocenters. The van der Waals surface area contributed by atoms with E-state index < -0.39 is 0 Å². The maximum Gasteiger partial charge on any atom is 0.131 e. The summed E-state index contributed by atoms with van der Waals surface area (Å²) in [5, 5.41) is 2.63. The Morgan fingerprint density at radius 3 is 2.00 bits per heavy atom. The van der Waals surface area contributed by atoms with Crippen LogP contribution in [0.4, 0.5) is 0 Å². The van der Waals surface area contributed by atoms with Gasteiger partial charge in [0, 0.05) is 16.5 Å². The first kappa shape index (κ1) is 27.3. The Bertz CT molecular complexity index is 2630. The zero-order chi connectivity index (χ0) is 33.1. The molecular formula is C50H36O. The number of rotatable bonds is 1. The van der Waals surface area contributed by atoms with E-state index in [1.54, 1.807) is 0 Å². The van der Waals surface area contributed by atoms with Crippen LogP contribution in [0.5, 0.6) is 11.5 Å². The van der Waals surface area contributed by atoms with Gasteiger partial charge in [0.1, 0.15) is 11.5 Å². The first-order chi connectivity index (χ1) is 25.3. The molecule has 14 rings (SSSR count). The molecule has 1 aliphatic heterocycles. The average molecular weight is 653 g/mol. The Morgan fingerprint density at radius 1 is 0.471 bits per heavy atom. The highest BCUT2D eigenvalue weighted by Crippen LogP contribution is 2.73. The van der Waals surface area contributed by atoms with Crippen molar-refractivity contribution in [2.45, 2.75) is 36.5 Å². The fraction of sp³-hybridized carbons (Fsp3) is 0.200. The van der Waals surface area contributed by atoms with Gasteiger partial charge in [0.05, 0.1) is 5.41 Å². The van der Waals surface area contributed by atoms with E-state index in [1.165, 1.54) is 103 Å². The zero-order valence-corrected chi connectivity index (χ0v) is 28.4. The van der Waals surface area contributed by atoms with E-state index in [-0.39, 0.29) is 10.8 Å². The van der Waals surface area contributed by atoms with Gasteiger partial charge in [0.15, 0.2) is 0 Å². The molecule has 0 radical (unpaired) electrons. The molecule has 0 aromatic heterocycles. The first-order valence-electron chi connectivity index (χ1n) is 19.0. The van der Waals surface area contributed by atoms with Crippen LogP contribution in [0.15, 0.2) is 146 Å². The smallest absolute Gasteiger partial charge is 0.131 e. The third-order valence-corrected chi connectivity index (χ3v) is 14.5. The minimum Gasteiger partial charge on any atom is -0.457 e. The van der Waals surface area contributed by atoms with Crippen LogP contribution in [-0.2, 0) is 10.8 Å². The summed E-state index contributed by atoms with van der Waals surface area (Å²) >= 11 is 0. The number of para-hydroxylation sites is 1. The molecule has 4 fully saturated rings. The summed E-state index contributed by atoms with van der Waals surface area (Å²) in [5.74, 6) is 5.26. The Hall–Kier alpha value is -5.40. The van der Waals surface area contributed by atoms with Gasteiger partial charge in [-0.3, -0.25) is 0 Å². The van der Waals surface area contributed by atoms with Crippen LogP contribution in [0.2, 0.25) is 0 Å². The van der Waals surface area contributed by atoms with Crippen LogP contribution in [0, 0.1) is 23.7 Å². The third kappa shape index (κ3) is 3.06. The highest BCUT2D eigenvalue weighted by molar-refractivity contribution is 6.09. The number of hydrogen-bond donors (Lipinski definition) is 0. The van der Waals surface area contributed by atoms with Gasteiger partial charge < -0.3 is 4.74 Å². The van der Waals surface area contributed by atoms with Gasteiger partial charge in [-0.15, -0.1) is 0 Å². The van der Waals surface area contributed by atoms with E-state index in [9.17, 15) is 0 Å². The number of fused-ring (bicyclic) bond motifs is 14. The Morgan fingerprint density at radius 2 is 1.16 bits per heavy atom. The fourth-order valence-corrected chi connectivity index (χ4v) is 13.1. The van der Waals surface area contributed by atoms with Gasteiger partial charge in [-0.2, -0.15) is 0 Å². The predicted molar refractivity (Wildman–Crippen MR) is 205 cm³/mol. The number of benzene rings is 7. The molecule has 7 aliphatic rings. The molecule has 7 aromatic rings. The SMILES string of the molecule is c1ccc2c(c1)Oc1ccc(-c3cccc4c3-c3c(ccc5ccccc35)C43c4ccccc4-c4ccccc43)cc1C21C2CC3CC(C2)C1C3. The summed E-state index contributed by atoms with van der Waals surface area (Å²) < 4.78 is 6.83. The van der Waals surface area contributed by atoms with Crippen LogP contribution in [0.3, 0.4) is 0 Å². The third-order valence-electron chi connectivity index (χ3n) is 14.5. The molecule has 0 saturated heterocycles. The second-order valence-corrected chi connectivity index (χ2v) is 16.3. The Balaban J connectivity index is 1.12. The summed E-state index contributed by atoms with van der Waals surface area (Å²) in [7, 11) is 0. The molecule has 0 amide bonds. The van der Waals surface area contributed by atoms with Gasteiger partial charge in [0.2, 0.25) is 0 Å². The van der Waals surface area contributed by atoms with Crippen molar-refractivity contribution >= 4 is 10.8 Å². The lowest BCUT2D eigenvalue weighted by molar-refractivity contribution is 0.173. The summed E-state index contributed by atoms with van der Waals surface area (Å²) in [5.41, 5.74) is 16.2. The lowest BCUT2D eigenvalue weighted by atomic mass is 9.56. The molecule has 4 bridgehead atoms. The van der Waals surface area contributed by atoms with E-state index >= 15 is 0 Å². The molecule has 1 heterocycles. The highest BCUT2D eigenvalue weighted by atomic mass is 16.5. The Kier molecular flexibility index (Phi) is 4.97. The minimum atomic E-state index is -0.376. The molecule has 7 aromatic carbocycles. The molecule has 5 unspecified atom stereocenters. The molecule has 4 saturated carbocycles. The van der Waals surface area contributed by atoms with Crippen molar-refractivity contribution in [1.29, 1.82) is 0 Å². The first-order valence-corrected chi connectivity index (χ1v) is 19.0. The van der Waals surface area contributed by atoms with Crippen LogP contribution in [0.1, 0.15) is 59.1 Å². The van der Waals surface area contributed by atoms with Crippen molar-refractivity contribution in [2.75, 3.05) is 0 Å². The topological polar surface area (TPSA) is 9.23 Å². The predicted octanol–water partition coefficient (Wildman–Crippen LogP) is 12.3. The van der Waals surface area contributed by atoms with E-state index in [1.807, 2.05) is 0 Å². The van der Waals surface area contributed by atoms with Gasteiger partial charge in [0.25, 0.3) is 0 Å². The van der Waals surface area contributed by atoms with Crippen LogP contribution >= 0.6 is 0 Å². The monoisotopic (exact) mass is 652 g/mol. The maximum atomic E-state index is 6.83. The van der Waals surface area contributed by atoms with Crippen molar-refractivity contribution in [3.8, 4) is 44.9 Å². The summed E-state index contributed by atoms with van der Waals surface area (Å²) in [6.07, 6.45) is 5.50. The second kappa shape index (κ2) is 9.28. The van der Waals surface area contributed by atoms with Gasteiger partial charge in [-0.1, -0.05) is 127 Å². The Labute approximate surface area is 298 Å². The summed E-state index contributed by atoms with van der Waals surface area (Å²) in [6, 6.07) is 55.6. The van der Waals surface area contributed by atoms with Gasteiger partial charge in [-0.05, 0) is 134 Å². The highest BCUT2D eigenvalue weighted by Gasteiger charge is 2.65. The summed E-state index contributed by atoms with van der Waals surface area (Å²) in [6.45, 7) is 0. The van der Waals surface area contributed by atoms with Crippen LogP contribution < -0.4 is 4.74 Å². The summed E-state index contributed by atoms with van der Waals surface area (Å²) in [4.78, 5) is 0. The van der Waals surface area contributed by atoms with Crippen molar-refractivity contribution in [3.05, 3.63) is 179 Å². The fourth-order valence-electron chi connectivity index (χ4n) is 13.1. The van der Waals surface area contributed by atoms with Crippen molar-refractivity contribution in [3.63, 3.8) is 0 Å². The minimum absolute atomic E-state index is 0.0327. The molecule has 242 valence electrons. The lowest BCUT2D eigenvalue weighted by Crippen LogP contribution is -2.43. The largest absolute Gasteiger partial charge is 0.457 e. The van der Waals surface area contributed by atoms with E-state index in [4.69, 9.17) is 4.74 Å². The molecule has 0 N–H and O–H groups in total. The van der Waals surface area contributed by atoms with E-state index in [0.29, 0.717) is 11.8 Å². The van der Waals surface area contributed by atoms with E-state index in [2.05, 4.69) is 146 Å². The molecule has 2 spiro atoms. The second-order valence-electron chi connectivity index (χ2n) is 16.3.